The number of rotatable bonds is 7. The van der Waals surface area contributed by atoms with Crippen LogP contribution in [0.25, 0.3) is 0 Å². The summed E-state index contributed by atoms with van der Waals surface area (Å²) in [6.45, 7) is 7.76. The molecule has 0 unspecified atom stereocenters. The first-order chi connectivity index (χ1) is 14.8. The summed E-state index contributed by atoms with van der Waals surface area (Å²) in [5.41, 5.74) is 0.420. The van der Waals surface area contributed by atoms with E-state index in [-0.39, 0.29) is 48.3 Å². The number of ether oxygens (including phenoxy) is 1. The molecule has 1 aliphatic rings. The Morgan fingerprint density at radius 3 is 2.56 bits per heavy atom. The number of anilines is 1. The van der Waals surface area contributed by atoms with Gasteiger partial charge in [-0.25, -0.2) is 13.2 Å². The van der Waals surface area contributed by atoms with Gasteiger partial charge in [0.1, 0.15) is 11.9 Å². The summed E-state index contributed by atoms with van der Waals surface area (Å²) in [5.74, 6) is -0.225. The average Bonchev–Trinajstić information content (AvgIpc) is 2.68. The van der Waals surface area contributed by atoms with Gasteiger partial charge in [-0.05, 0) is 39.0 Å². The Bertz CT molecular complexity index is 936. The van der Waals surface area contributed by atoms with E-state index < -0.39 is 22.2 Å². The Morgan fingerprint density at radius 1 is 1.34 bits per heavy atom. The number of fused-ring (bicyclic) bond motifs is 1. The van der Waals surface area contributed by atoms with Crippen molar-refractivity contribution in [2.75, 3.05) is 37.7 Å². The smallest absolute Gasteiger partial charge is 0.317 e. The molecule has 1 aromatic carbocycles. The summed E-state index contributed by atoms with van der Waals surface area (Å²) in [6, 6.07) is 3.79. The minimum atomic E-state index is -3.53. The van der Waals surface area contributed by atoms with Gasteiger partial charge in [-0.3, -0.25) is 9.52 Å². The highest BCUT2D eigenvalue weighted by atomic mass is 32.2. The van der Waals surface area contributed by atoms with E-state index in [1.54, 1.807) is 24.9 Å². The van der Waals surface area contributed by atoms with Crippen molar-refractivity contribution in [3.05, 3.63) is 23.8 Å². The number of amides is 3. The molecule has 1 aliphatic heterocycles. The quantitative estimate of drug-likeness (QED) is 0.552. The van der Waals surface area contributed by atoms with Gasteiger partial charge in [0.25, 0.3) is 5.91 Å². The van der Waals surface area contributed by atoms with Crippen molar-refractivity contribution in [2.45, 2.75) is 45.9 Å². The van der Waals surface area contributed by atoms with Crippen LogP contribution in [0.15, 0.2) is 18.2 Å². The molecule has 32 heavy (non-hydrogen) atoms. The molecule has 0 bridgehead atoms. The summed E-state index contributed by atoms with van der Waals surface area (Å²) in [6.07, 6.45) is 0.588. The molecule has 0 aliphatic carbocycles. The predicted octanol–water partition coefficient (Wildman–Crippen LogP) is 1.33. The topological polar surface area (TPSA) is 128 Å². The van der Waals surface area contributed by atoms with E-state index in [4.69, 9.17) is 4.74 Å². The zero-order chi connectivity index (χ0) is 24.2. The van der Waals surface area contributed by atoms with Crippen LogP contribution in [0.1, 0.15) is 38.1 Å². The average molecular weight is 471 g/mol. The van der Waals surface area contributed by atoms with E-state index in [9.17, 15) is 23.1 Å². The van der Waals surface area contributed by atoms with Gasteiger partial charge in [-0.15, -0.1) is 0 Å². The zero-order valence-electron chi connectivity index (χ0n) is 19.5. The minimum Gasteiger partial charge on any atom is -0.487 e. The summed E-state index contributed by atoms with van der Waals surface area (Å²) in [7, 11) is -1.86. The van der Waals surface area contributed by atoms with Crippen LogP contribution in [0.3, 0.4) is 0 Å². The van der Waals surface area contributed by atoms with E-state index in [0.717, 1.165) is 6.26 Å². The van der Waals surface area contributed by atoms with Crippen LogP contribution >= 0.6 is 0 Å². The van der Waals surface area contributed by atoms with Crippen LogP contribution in [-0.2, 0) is 10.0 Å². The van der Waals surface area contributed by atoms with Crippen molar-refractivity contribution in [1.82, 2.24) is 15.1 Å². The number of urea groups is 1. The molecule has 0 aromatic heterocycles. The van der Waals surface area contributed by atoms with Crippen LogP contribution in [0.2, 0.25) is 0 Å². The fraction of sp³-hybridized carbons (Fsp3) is 0.619. The lowest BCUT2D eigenvalue weighted by Crippen LogP contribution is -2.51. The number of hydrogen-bond donors (Lipinski definition) is 3. The molecule has 0 fully saturated rings. The molecule has 1 aromatic rings. The second kappa shape index (κ2) is 10.4. The van der Waals surface area contributed by atoms with Crippen molar-refractivity contribution in [3.63, 3.8) is 0 Å². The maximum Gasteiger partial charge on any atom is 0.317 e. The molecule has 11 heteroatoms. The predicted molar refractivity (Wildman–Crippen MR) is 122 cm³/mol. The van der Waals surface area contributed by atoms with Crippen molar-refractivity contribution in [2.24, 2.45) is 5.92 Å². The highest BCUT2D eigenvalue weighted by molar-refractivity contribution is 7.92. The van der Waals surface area contributed by atoms with Gasteiger partial charge in [0.15, 0.2) is 0 Å². The normalized spacial score (nSPS) is 20.0. The molecule has 10 nitrogen and oxygen atoms in total. The molecule has 2 rings (SSSR count). The number of carbonyl (C=O) groups excluding carboxylic acids is 2. The van der Waals surface area contributed by atoms with Crippen LogP contribution in [-0.4, -0.2) is 86.4 Å². The Kier molecular flexibility index (Phi) is 8.35. The molecule has 1 heterocycles. The van der Waals surface area contributed by atoms with Crippen molar-refractivity contribution in [1.29, 1.82) is 0 Å². The molecule has 0 saturated carbocycles. The fourth-order valence-electron chi connectivity index (χ4n) is 3.43. The van der Waals surface area contributed by atoms with Gasteiger partial charge in [0.05, 0.1) is 31.0 Å². The first-order valence-electron chi connectivity index (χ1n) is 10.5. The highest BCUT2D eigenvalue weighted by Crippen LogP contribution is 2.30. The molecule has 0 radical (unpaired) electrons. The van der Waals surface area contributed by atoms with Crippen molar-refractivity contribution >= 4 is 27.6 Å². The third kappa shape index (κ3) is 6.73. The second-order valence-electron chi connectivity index (χ2n) is 8.69. The maximum atomic E-state index is 13.3. The van der Waals surface area contributed by atoms with Gasteiger partial charge in [-0.1, -0.05) is 6.92 Å². The van der Waals surface area contributed by atoms with Crippen LogP contribution in [0.4, 0.5) is 10.5 Å². The lowest BCUT2D eigenvalue weighted by Gasteiger charge is -2.38. The summed E-state index contributed by atoms with van der Waals surface area (Å²) in [5, 5.41) is 12.5. The van der Waals surface area contributed by atoms with E-state index in [1.165, 1.54) is 17.0 Å². The number of aliphatic hydroxyl groups is 1. The molecule has 3 amide bonds. The number of benzene rings is 1. The standard InChI is InChI=1S/C21H34N4O6S/c1-13(2)22-21(28)24(5)11-19-14(3)10-25(15(4)12-26)20(27)17-9-16(23-32(6,29)30)7-8-18(17)31-19/h7-9,13-15,19,23,26H,10-12H2,1-6H3,(H,22,28)/t14-,15+,19+/m1/s1. The van der Waals surface area contributed by atoms with Crippen LogP contribution < -0.4 is 14.8 Å². The second-order valence-corrected chi connectivity index (χ2v) is 10.4. The Morgan fingerprint density at radius 2 is 2.00 bits per heavy atom. The van der Waals surface area contributed by atoms with E-state index in [2.05, 4.69) is 10.0 Å². The highest BCUT2D eigenvalue weighted by Gasteiger charge is 2.34. The van der Waals surface area contributed by atoms with Gasteiger partial charge >= 0.3 is 6.03 Å². The molecular weight excluding hydrogens is 436 g/mol. The van der Waals surface area contributed by atoms with Gasteiger partial charge in [-0.2, -0.15) is 0 Å². The zero-order valence-corrected chi connectivity index (χ0v) is 20.3. The number of hydrogen-bond acceptors (Lipinski definition) is 6. The SMILES string of the molecule is CC(C)NC(=O)N(C)C[C@@H]1Oc2ccc(NS(C)(=O)=O)cc2C(=O)N([C@@H](C)CO)C[C@H]1C. The molecule has 180 valence electrons. The third-order valence-corrected chi connectivity index (χ3v) is 5.79. The van der Waals surface area contributed by atoms with Gasteiger partial charge in [0, 0.05) is 31.2 Å². The minimum absolute atomic E-state index is 0.0133. The molecule has 3 N–H and O–H groups in total. The van der Waals surface area contributed by atoms with E-state index >= 15 is 0 Å². The third-order valence-electron chi connectivity index (χ3n) is 5.18. The van der Waals surface area contributed by atoms with Crippen molar-refractivity contribution < 1.29 is 27.9 Å². The number of nitrogens with zero attached hydrogens (tertiary/aromatic N) is 2. The number of carbonyl (C=O) groups is 2. The van der Waals surface area contributed by atoms with Crippen LogP contribution in [0.5, 0.6) is 5.75 Å². The van der Waals surface area contributed by atoms with E-state index in [1.807, 2.05) is 20.8 Å². The first kappa shape index (κ1) is 25.7. The van der Waals surface area contributed by atoms with Gasteiger partial charge < -0.3 is 25.0 Å². The number of nitrogens with one attached hydrogen (secondary N) is 2. The number of sulfonamides is 1. The molecule has 0 saturated heterocycles. The van der Waals surface area contributed by atoms with Crippen molar-refractivity contribution in [3.8, 4) is 5.75 Å². The number of likely N-dealkylation sites (N-methyl/N-ethyl adjacent to an activating group) is 1. The first-order valence-corrected chi connectivity index (χ1v) is 12.4. The lowest BCUT2D eigenvalue weighted by molar-refractivity contribution is 0.0366. The Balaban J connectivity index is 2.43. The summed E-state index contributed by atoms with van der Waals surface area (Å²) >= 11 is 0. The van der Waals surface area contributed by atoms with E-state index in [0.29, 0.717) is 12.3 Å². The number of aliphatic hydroxyl groups excluding tert-OH is 1. The maximum absolute atomic E-state index is 13.3. The van der Waals surface area contributed by atoms with Gasteiger partial charge in [0.2, 0.25) is 10.0 Å². The fourth-order valence-corrected chi connectivity index (χ4v) is 3.98. The Labute approximate surface area is 190 Å². The Hall–Kier alpha value is -2.53. The van der Waals surface area contributed by atoms with Crippen LogP contribution in [0, 0.1) is 5.92 Å². The molecule has 3 atom stereocenters. The molecular formula is C21H34N4O6S. The summed E-state index contributed by atoms with van der Waals surface area (Å²) < 4.78 is 31.8. The molecule has 0 spiro atoms. The lowest BCUT2D eigenvalue weighted by atomic mass is 9.99. The largest absolute Gasteiger partial charge is 0.487 e. The summed E-state index contributed by atoms with van der Waals surface area (Å²) in [4.78, 5) is 28.8. The monoisotopic (exact) mass is 470 g/mol.